The van der Waals surface area contributed by atoms with E-state index >= 15 is 0 Å². The van der Waals surface area contributed by atoms with Crippen LogP contribution in [-0.2, 0) is 0 Å². The minimum atomic E-state index is 0.0842. The Balaban J connectivity index is 1.50. The molecule has 1 unspecified atom stereocenters. The highest BCUT2D eigenvalue weighted by atomic mass is 32.2. The Kier molecular flexibility index (Phi) is 4.18. The topological polar surface area (TPSA) is 44.5 Å². The van der Waals surface area contributed by atoms with Gasteiger partial charge in [-0.1, -0.05) is 18.9 Å². The van der Waals surface area contributed by atoms with Gasteiger partial charge in [-0.05, 0) is 42.2 Å². The minimum Gasteiger partial charge on any atom is -0.454 e. The van der Waals surface area contributed by atoms with Crippen LogP contribution in [-0.4, -0.2) is 18.3 Å². The Morgan fingerprint density at radius 3 is 2.84 bits per heavy atom. The molecule has 3 rings (SSSR count). The van der Waals surface area contributed by atoms with E-state index in [-0.39, 0.29) is 6.04 Å². The Morgan fingerprint density at radius 1 is 1.21 bits per heavy atom. The largest absolute Gasteiger partial charge is 0.454 e. The second-order valence-corrected chi connectivity index (χ2v) is 6.48. The number of ether oxygens (including phenoxy) is 2. The van der Waals surface area contributed by atoms with Gasteiger partial charge in [0.2, 0.25) is 6.79 Å². The lowest BCUT2D eigenvalue weighted by Gasteiger charge is -2.14. The van der Waals surface area contributed by atoms with Crippen molar-refractivity contribution in [1.29, 1.82) is 0 Å². The Morgan fingerprint density at radius 2 is 2.00 bits per heavy atom. The number of fused-ring (bicyclic) bond motifs is 1. The smallest absolute Gasteiger partial charge is 0.231 e. The fraction of sp³-hybridized carbons (Fsp3) is 0.600. The molecule has 1 fully saturated rings. The lowest BCUT2D eigenvalue weighted by atomic mass is 10.1. The summed E-state index contributed by atoms with van der Waals surface area (Å²) in [6.45, 7) is 0.324. The molecule has 0 saturated heterocycles. The average molecular weight is 279 g/mol. The summed E-state index contributed by atoms with van der Waals surface area (Å²) in [6.07, 6.45) is 5.65. The third kappa shape index (κ3) is 3.18. The molecule has 2 aliphatic rings. The third-order valence-corrected chi connectivity index (χ3v) is 5.25. The van der Waals surface area contributed by atoms with Gasteiger partial charge in [-0.15, -0.1) is 0 Å². The van der Waals surface area contributed by atoms with Crippen molar-refractivity contribution in [2.75, 3.05) is 18.3 Å². The summed E-state index contributed by atoms with van der Waals surface area (Å²) in [5.41, 5.74) is 7.40. The van der Waals surface area contributed by atoms with Crippen molar-refractivity contribution in [1.82, 2.24) is 0 Å². The van der Waals surface area contributed by atoms with Crippen LogP contribution in [0, 0.1) is 5.92 Å². The van der Waals surface area contributed by atoms with Crippen molar-refractivity contribution in [3.8, 4) is 11.5 Å². The molecular formula is C15H21NO2S. The zero-order valence-corrected chi connectivity index (χ0v) is 12.0. The summed E-state index contributed by atoms with van der Waals surface area (Å²) in [5, 5.41) is 0. The Labute approximate surface area is 118 Å². The summed E-state index contributed by atoms with van der Waals surface area (Å²) < 4.78 is 10.7. The number of hydrogen-bond acceptors (Lipinski definition) is 4. The van der Waals surface area contributed by atoms with Crippen LogP contribution in [0.15, 0.2) is 18.2 Å². The predicted octanol–water partition coefficient (Wildman–Crippen LogP) is 3.34. The normalized spacial score (nSPS) is 19.8. The molecule has 3 nitrogen and oxygen atoms in total. The summed E-state index contributed by atoms with van der Waals surface area (Å²) in [7, 11) is 0. The van der Waals surface area contributed by atoms with Gasteiger partial charge in [0.05, 0.1) is 0 Å². The van der Waals surface area contributed by atoms with Gasteiger partial charge in [-0.25, -0.2) is 0 Å². The molecule has 1 heterocycles. The molecule has 1 aliphatic carbocycles. The maximum absolute atomic E-state index is 6.26. The van der Waals surface area contributed by atoms with Crippen LogP contribution in [0.1, 0.15) is 37.3 Å². The maximum Gasteiger partial charge on any atom is 0.231 e. The van der Waals surface area contributed by atoms with Gasteiger partial charge in [-0.3, -0.25) is 0 Å². The number of nitrogens with two attached hydrogens (primary N) is 1. The molecule has 2 N–H and O–H groups in total. The van der Waals surface area contributed by atoms with Gasteiger partial charge in [-0.2, -0.15) is 11.8 Å². The second-order valence-electron chi connectivity index (χ2n) is 5.41. The van der Waals surface area contributed by atoms with Crippen LogP contribution < -0.4 is 15.2 Å². The van der Waals surface area contributed by atoms with Crippen molar-refractivity contribution in [2.45, 2.75) is 31.7 Å². The molecule has 0 aromatic heterocycles. The van der Waals surface area contributed by atoms with Crippen molar-refractivity contribution in [2.24, 2.45) is 11.7 Å². The number of hydrogen-bond donors (Lipinski definition) is 1. The third-order valence-electron chi connectivity index (χ3n) is 3.95. The van der Waals surface area contributed by atoms with Gasteiger partial charge in [0, 0.05) is 11.8 Å². The first-order valence-electron chi connectivity index (χ1n) is 7.06. The van der Waals surface area contributed by atoms with Crippen molar-refractivity contribution >= 4 is 11.8 Å². The molecule has 0 amide bonds. The van der Waals surface area contributed by atoms with Crippen molar-refractivity contribution in [3.05, 3.63) is 23.8 Å². The summed E-state index contributed by atoms with van der Waals surface area (Å²) in [5.74, 6) is 4.83. The number of rotatable bonds is 5. The average Bonchev–Trinajstić information content (AvgIpc) is 3.08. The van der Waals surface area contributed by atoms with Gasteiger partial charge < -0.3 is 15.2 Å². The highest BCUT2D eigenvalue weighted by Gasteiger charge is 2.18. The first kappa shape index (κ1) is 13.1. The molecule has 0 bridgehead atoms. The van der Waals surface area contributed by atoms with E-state index in [1.807, 2.05) is 30.0 Å². The first-order chi connectivity index (χ1) is 9.33. The van der Waals surface area contributed by atoms with E-state index in [1.54, 1.807) is 0 Å². The minimum absolute atomic E-state index is 0.0842. The monoisotopic (exact) mass is 279 g/mol. The molecule has 0 radical (unpaired) electrons. The van der Waals surface area contributed by atoms with Gasteiger partial charge in [0.25, 0.3) is 0 Å². The van der Waals surface area contributed by atoms with Crippen molar-refractivity contribution < 1.29 is 9.47 Å². The molecule has 4 heteroatoms. The lowest BCUT2D eigenvalue weighted by molar-refractivity contribution is 0.174. The Hall–Kier alpha value is -0.870. The van der Waals surface area contributed by atoms with Gasteiger partial charge in [0.1, 0.15) is 0 Å². The van der Waals surface area contributed by atoms with Crippen LogP contribution in [0.25, 0.3) is 0 Å². The highest BCUT2D eigenvalue weighted by Crippen LogP contribution is 2.35. The fourth-order valence-corrected chi connectivity index (χ4v) is 4.03. The first-order valence-corrected chi connectivity index (χ1v) is 8.21. The van der Waals surface area contributed by atoms with Crippen molar-refractivity contribution in [3.63, 3.8) is 0 Å². The molecule has 19 heavy (non-hydrogen) atoms. The fourth-order valence-electron chi connectivity index (χ4n) is 2.78. The lowest BCUT2D eigenvalue weighted by Crippen LogP contribution is -2.14. The van der Waals surface area contributed by atoms with E-state index in [1.165, 1.54) is 31.4 Å². The summed E-state index contributed by atoms with van der Waals surface area (Å²) in [6, 6.07) is 6.11. The van der Waals surface area contributed by atoms with Crippen LogP contribution in [0.3, 0.4) is 0 Å². The van der Waals surface area contributed by atoms with E-state index < -0.39 is 0 Å². The van der Waals surface area contributed by atoms with E-state index in [2.05, 4.69) is 0 Å². The van der Waals surface area contributed by atoms with E-state index in [9.17, 15) is 0 Å². The molecule has 1 aromatic carbocycles. The van der Waals surface area contributed by atoms with E-state index in [0.717, 1.165) is 28.7 Å². The van der Waals surface area contributed by atoms with Gasteiger partial charge >= 0.3 is 0 Å². The molecule has 1 saturated carbocycles. The van der Waals surface area contributed by atoms with Crippen LogP contribution >= 0.6 is 11.8 Å². The quantitative estimate of drug-likeness (QED) is 0.898. The molecule has 1 aliphatic heterocycles. The second kappa shape index (κ2) is 6.06. The number of thioether (sulfide) groups is 1. The molecule has 0 spiro atoms. The zero-order valence-electron chi connectivity index (χ0n) is 11.1. The highest BCUT2D eigenvalue weighted by molar-refractivity contribution is 7.99. The van der Waals surface area contributed by atoms with E-state index in [4.69, 9.17) is 15.2 Å². The zero-order chi connectivity index (χ0) is 13.1. The molecule has 1 atom stereocenters. The predicted molar refractivity (Wildman–Crippen MR) is 78.8 cm³/mol. The maximum atomic E-state index is 6.26. The SMILES string of the molecule is NC(CSCC1CCCC1)c1ccc2c(c1)OCO2. The van der Waals surface area contributed by atoms with E-state index in [0.29, 0.717) is 6.79 Å². The standard InChI is InChI=1S/C15H21NO2S/c16-13(9-19-8-11-3-1-2-4-11)12-5-6-14-15(7-12)18-10-17-14/h5-7,11,13H,1-4,8-10,16H2. The van der Waals surface area contributed by atoms with Gasteiger partial charge in [0.15, 0.2) is 11.5 Å². The van der Waals surface area contributed by atoms with Crippen LogP contribution in [0.4, 0.5) is 0 Å². The summed E-state index contributed by atoms with van der Waals surface area (Å²) in [4.78, 5) is 0. The molecule has 1 aromatic rings. The van der Waals surface area contributed by atoms with Crippen LogP contribution in [0.5, 0.6) is 11.5 Å². The number of benzene rings is 1. The molecule has 104 valence electrons. The van der Waals surface area contributed by atoms with Crippen LogP contribution in [0.2, 0.25) is 0 Å². The Bertz CT molecular complexity index is 432. The molecular weight excluding hydrogens is 258 g/mol. The summed E-state index contributed by atoms with van der Waals surface area (Å²) >= 11 is 1.99.